The van der Waals surface area contributed by atoms with Crippen LogP contribution in [0.15, 0.2) is 18.2 Å². The summed E-state index contributed by atoms with van der Waals surface area (Å²) >= 11 is 5.81. The van der Waals surface area contributed by atoms with Gasteiger partial charge in [-0.3, -0.25) is 4.79 Å². The molecule has 1 aromatic rings. The standard InChI is InChI=1S/C11H13ClN2O2/c1-11(16)5-14(6-11)10(15)8-4-7(12)2-3-9(8)13/h2-4,16H,5-6,13H2,1H3. The molecule has 1 fully saturated rings. The first-order valence-corrected chi connectivity index (χ1v) is 5.33. The maximum Gasteiger partial charge on any atom is 0.256 e. The third-order valence-corrected chi connectivity index (χ3v) is 2.83. The third kappa shape index (κ3) is 1.99. The fourth-order valence-corrected chi connectivity index (χ4v) is 1.98. The Kier molecular flexibility index (Phi) is 2.56. The molecule has 3 N–H and O–H groups in total. The second kappa shape index (κ2) is 3.64. The Balaban J connectivity index is 2.19. The van der Waals surface area contributed by atoms with E-state index in [2.05, 4.69) is 0 Å². The van der Waals surface area contributed by atoms with Gasteiger partial charge < -0.3 is 15.7 Å². The Morgan fingerprint density at radius 2 is 2.19 bits per heavy atom. The van der Waals surface area contributed by atoms with Gasteiger partial charge in [0.15, 0.2) is 0 Å². The molecule has 0 spiro atoms. The number of nitrogens with zero attached hydrogens (tertiary/aromatic N) is 1. The number of nitrogens with two attached hydrogens (primary N) is 1. The summed E-state index contributed by atoms with van der Waals surface area (Å²) in [4.78, 5) is 13.5. The van der Waals surface area contributed by atoms with E-state index >= 15 is 0 Å². The van der Waals surface area contributed by atoms with Gasteiger partial charge in [0, 0.05) is 10.7 Å². The lowest BCUT2D eigenvalue weighted by Gasteiger charge is -2.44. The molecule has 5 heteroatoms. The maximum atomic E-state index is 12.0. The summed E-state index contributed by atoms with van der Waals surface area (Å²) in [6.07, 6.45) is 0. The largest absolute Gasteiger partial charge is 0.398 e. The van der Waals surface area contributed by atoms with Gasteiger partial charge in [0.1, 0.15) is 0 Å². The van der Waals surface area contributed by atoms with Crippen LogP contribution in [0.3, 0.4) is 0 Å². The van der Waals surface area contributed by atoms with E-state index in [1.54, 1.807) is 30.0 Å². The van der Waals surface area contributed by atoms with Gasteiger partial charge in [0.05, 0.1) is 24.3 Å². The number of halogens is 1. The Morgan fingerprint density at radius 3 is 2.75 bits per heavy atom. The normalized spacial score (nSPS) is 18.1. The van der Waals surface area contributed by atoms with E-state index in [4.69, 9.17) is 17.3 Å². The molecule has 1 aliphatic rings. The van der Waals surface area contributed by atoms with Crippen LogP contribution in [-0.2, 0) is 0 Å². The smallest absolute Gasteiger partial charge is 0.256 e. The number of hydrogen-bond acceptors (Lipinski definition) is 3. The molecule has 0 aliphatic carbocycles. The van der Waals surface area contributed by atoms with Crippen molar-refractivity contribution in [2.24, 2.45) is 0 Å². The number of hydrogen-bond donors (Lipinski definition) is 2. The van der Waals surface area contributed by atoms with E-state index in [1.807, 2.05) is 0 Å². The zero-order chi connectivity index (χ0) is 11.9. The number of β-amino-alcohol motifs (C(OH)–C–C–N with tert-alkyl or cyclic N) is 1. The quantitative estimate of drug-likeness (QED) is 0.724. The van der Waals surface area contributed by atoms with Crippen molar-refractivity contribution < 1.29 is 9.90 Å². The Morgan fingerprint density at radius 1 is 1.56 bits per heavy atom. The van der Waals surface area contributed by atoms with Crippen LogP contribution in [-0.4, -0.2) is 34.6 Å². The highest BCUT2D eigenvalue weighted by atomic mass is 35.5. The number of benzene rings is 1. The van der Waals surface area contributed by atoms with Crippen LogP contribution in [0.1, 0.15) is 17.3 Å². The van der Waals surface area contributed by atoms with Crippen LogP contribution in [0.25, 0.3) is 0 Å². The van der Waals surface area contributed by atoms with Crippen molar-refractivity contribution in [2.75, 3.05) is 18.8 Å². The lowest BCUT2D eigenvalue weighted by molar-refractivity contribution is -0.0668. The van der Waals surface area contributed by atoms with E-state index < -0.39 is 5.60 Å². The summed E-state index contributed by atoms with van der Waals surface area (Å²) in [7, 11) is 0. The van der Waals surface area contributed by atoms with Gasteiger partial charge >= 0.3 is 0 Å². The molecule has 1 heterocycles. The average Bonchev–Trinajstić information content (AvgIpc) is 2.17. The van der Waals surface area contributed by atoms with Crippen LogP contribution >= 0.6 is 11.6 Å². The molecule has 1 saturated heterocycles. The molecule has 0 atom stereocenters. The van der Waals surface area contributed by atoms with Gasteiger partial charge in [0.2, 0.25) is 0 Å². The molecule has 4 nitrogen and oxygen atoms in total. The predicted molar refractivity (Wildman–Crippen MR) is 62.4 cm³/mol. The molecular weight excluding hydrogens is 228 g/mol. The SMILES string of the molecule is CC1(O)CN(C(=O)c2cc(Cl)ccc2N)C1. The van der Waals surface area contributed by atoms with E-state index in [-0.39, 0.29) is 5.91 Å². The lowest BCUT2D eigenvalue weighted by Crippen LogP contribution is -2.61. The highest BCUT2D eigenvalue weighted by molar-refractivity contribution is 6.31. The minimum atomic E-state index is -0.775. The molecule has 2 rings (SSSR count). The van der Waals surface area contributed by atoms with Gasteiger partial charge in [-0.1, -0.05) is 11.6 Å². The fraction of sp³-hybridized carbons (Fsp3) is 0.364. The first kappa shape index (κ1) is 11.2. The molecular formula is C11H13ClN2O2. The van der Waals surface area contributed by atoms with Crippen molar-refractivity contribution in [1.82, 2.24) is 4.90 Å². The molecule has 0 aromatic heterocycles. The van der Waals surface area contributed by atoms with Crippen molar-refractivity contribution in [3.05, 3.63) is 28.8 Å². The minimum Gasteiger partial charge on any atom is -0.398 e. The van der Waals surface area contributed by atoms with Crippen molar-refractivity contribution in [1.29, 1.82) is 0 Å². The van der Waals surface area contributed by atoms with Crippen LogP contribution in [0.2, 0.25) is 5.02 Å². The molecule has 0 unspecified atom stereocenters. The Bertz CT molecular complexity index is 438. The second-order valence-corrected chi connectivity index (χ2v) is 4.83. The summed E-state index contributed by atoms with van der Waals surface area (Å²) in [5, 5.41) is 10.0. The topological polar surface area (TPSA) is 66.6 Å². The Hall–Kier alpha value is -1.26. The van der Waals surface area contributed by atoms with Crippen LogP contribution < -0.4 is 5.73 Å². The van der Waals surface area contributed by atoms with Crippen LogP contribution in [0.5, 0.6) is 0 Å². The van der Waals surface area contributed by atoms with E-state index in [0.29, 0.717) is 29.4 Å². The van der Waals surface area contributed by atoms with E-state index in [9.17, 15) is 9.90 Å². The van der Waals surface area contributed by atoms with Gasteiger partial charge in [-0.15, -0.1) is 0 Å². The number of anilines is 1. The zero-order valence-electron chi connectivity index (χ0n) is 8.90. The number of nitrogen functional groups attached to an aromatic ring is 1. The van der Waals surface area contributed by atoms with Crippen LogP contribution in [0, 0.1) is 0 Å². The predicted octanol–water partition coefficient (Wildman–Crippen LogP) is 1.13. The number of carbonyl (C=O) groups excluding carboxylic acids is 1. The fourth-order valence-electron chi connectivity index (χ4n) is 1.80. The number of rotatable bonds is 1. The van der Waals surface area contributed by atoms with Crippen molar-refractivity contribution in [3.8, 4) is 0 Å². The first-order chi connectivity index (χ1) is 7.39. The molecule has 0 radical (unpaired) electrons. The molecule has 86 valence electrons. The molecule has 1 aliphatic heterocycles. The van der Waals surface area contributed by atoms with Gasteiger partial charge in [0.25, 0.3) is 5.91 Å². The summed E-state index contributed by atoms with van der Waals surface area (Å²) in [6, 6.07) is 4.79. The highest BCUT2D eigenvalue weighted by Crippen LogP contribution is 2.25. The first-order valence-electron chi connectivity index (χ1n) is 4.96. The highest BCUT2D eigenvalue weighted by Gasteiger charge is 2.40. The summed E-state index contributed by atoms with van der Waals surface area (Å²) < 4.78 is 0. The second-order valence-electron chi connectivity index (χ2n) is 4.39. The number of carbonyl (C=O) groups is 1. The van der Waals surface area contributed by atoms with Crippen molar-refractivity contribution in [3.63, 3.8) is 0 Å². The minimum absolute atomic E-state index is 0.188. The average molecular weight is 241 g/mol. The zero-order valence-corrected chi connectivity index (χ0v) is 9.66. The molecule has 1 amide bonds. The molecule has 1 aromatic carbocycles. The maximum absolute atomic E-state index is 12.0. The van der Waals surface area contributed by atoms with E-state index in [1.165, 1.54) is 0 Å². The number of amides is 1. The summed E-state index contributed by atoms with van der Waals surface area (Å²) in [6.45, 7) is 2.35. The third-order valence-electron chi connectivity index (χ3n) is 2.60. The van der Waals surface area contributed by atoms with Gasteiger partial charge in [-0.2, -0.15) is 0 Å². The van der Waals surface area contributed by atoms with E-state index in [0.717, 1.165) is 0 Å². The number of aliphatic hydroxyl groups is 1. The lowest BCUT2D eigenvalue weighted by atomic mass is 9.95. The van der Waals surface area contributed by atoms with Crippen molar-refractivity contribution in [2.45, 2.75) is 12.5 Å². The van der Waals surface area contributed by atoms with Gasteiger partial charge in [-0.25, -0.2) is 0 Å². The number of likely N-dealkylation sites (tertiary alicyclic amines) is 1. The Labute approximate surface area is 98.6 Å². The molecule has 16 heavy (non-hydrogen) atoms. The van der Waals surface area contributed by atoms with Gasteiger partial charge in [-0.05, 0) is 25.1 Å². The van der Waals surface area contributed by atoms with Crippen LogP contribution in [0.4, 0.5) is 5.69 Å². The monoisotopic (exact) mass is 240 g/mol. The molecule has 0 bridgehead atoms. The van der Waals surface area contributed by atoms with Crippen molar-refractivity contribution >= 4 is 23.2 Å². The molecule has 0 saturated carbocycles. The summed E-state index contributed by atoms with van der Waals surface area (Å²) in [5.74, 6) is -0.188. The summed E-state index contributed by atoms with van der Waals surface area (Å²) in [5.41, 5.74) is 5.73.